The molecule has 10 nitrogen and oxygen atoms in total. The highest BCUT2D eigenvalue weighted by Gasteiger charge is 2.51. The van der Waals surface area contributed by atoms with Crippen molar-refractivity contribution >= 4 is 40.2 Å². The van der Waals surface area contributed by atoms with Crippen LogP contribution >= 0.6 is 11.6 Å². The summed E-state index contributed by atoms with van der Waals surface area (Å²) >= 11 is 5.82. The Labute approximate surface area is 282 Å². The normalized spacial score (nSPS) is 12.0. The maximum absolute atomic E-state index is 14.2. The van der Waals surface area contributed by atoms with Gasteiger partial charge in [0.25, 0.3) is 5.56 Å². The van der Waals surface area contributed by atoms with Crippen molar-refractivity contribution in [2.75, 3.05) is 0 Å². The third-order valence-corrected chi connectivity index (χ3v) is 7.62. The van der Waals surface area contributed by atoms with Crippen LogP contribution in [0.1, 0.15) is 62.0 Å². The van der Waals surface area contributed by atoms with Crippen molar-refractivity contribution < 1.29 is 46.2 Å². The third kappa shape index (κ3) is 8.79. The van der Waals surface area contributed by atoms with Gasteiger partial charge in [-0.25, -0.2) is 9.07 Å². The molecule has 0 aliphatic carbocycles. The Balaban J connectivity index is 1.64. The first-order valence-corrected chi connectivity index (χ1v) is 15.5. The Kier molecular flexibility index (Phi) is 11.4. The Hall–Kier alpha value is -4.85. The summed E-state index contributed by atoms with van der Waals surface area (Å²) < 4.78 is 71.0. The van der Waals surface area contributed by atoms with Crippen molar-refractivity contribution in [2.45, 2.75) is 72.1 Å². The van der Waals surface area contributed by atoms with Crippen LogP contribution < -0.4 is 10.3 Å². The van der Waals surface area contributed by atoms with E-state index in [4.69, 9.17) is 25.8 Å². The van der Waals surface area contributed by atoms with E-state index in [0.29, 0.717) is 6.07 Å². The fraction of sp³-hybridized carbons (Fsp3) is 0.353. The molecule has 0 fully saturated rings. The maximum atomic E-state index is 14.2. The SMILES string of the molecule is CC(C)OC(=O)C(CCn1nnc2cc(C(F)(F)F)ccc2c1=O)(CC(=O)c1ccc(OCc2cccc(Cl)c2F)cc1)C(=O)OC(C)C. The highest BCUT2D eigenvalue weighted by Crippen LogP contribution is 2.35. The fourth-order valence-electron chi connectivity index (χ4n) is 4.80. The van der Waals surface area contributed by atoms with E-state index in [9.17, 15) is 36.7 Å². The minimum atomic E-state index is -4.67. The van der Waals surface area contributed by atoms with Gasteiger partial charge in [-0.05, 0) is 82.6 Å². The molecule has 0 bridgehead atoms. The largest absolute Gasteiger partial charge is 0.489 e. The summed E-state index contributed by atoms with van der Waals surface area (Å²) in [6.07, 6.45) is -7.33. The standard InChI is InChI=1S/C34H32ClF4N3O7/c1-19(2)48-31(45)33(32(46)49-20(3)4,14-15-42-30(44)25-13-10-23(34(37,38)39)16-27(25)40-41-42)17-28(43)21-8-11-24(12-9-21)47-18-22-6-5-7-26(35)29(22)36/h5-13,16,19-20H,14-15,17-18H2,1-4H3. The first-order chi connectivity index (χ1) is 23.0. The number of esters is 2. The minimum absolute atomic E-state index is 0.0606. The molecule has 3 aromatic carbocycles. The Morgan fingerprint density at radius 1 is 0.918 bits per heavy atom. The van der Waals surface area contributed by atoms with Crippen LogP contribution in [0.2, 0.25) is 5.02 Å². The number of aryl methyl sites for hydroxylation is 1. The summed E-state index contributed by atoms with van der Waals surface area (Å²) in [6, 6.07) is 12.5. The number of alkyl halides is 3. The maximum Gasteiger partial charge on any atom is 0.416 e. The topological polar surface area (TPSA) is 127 Å². The average Bonchev–Trinajstić information content (AvgIpc) is 3.03. The van der Waals surface area contributed by atoms with Crippen molar-refractivity contribution in [3.63, 3.8) is 0 Å². The molecule has 1 aromatic heterocycles. The van der Waals surface area contributed by atoms with E-state index in [0.717, 1.165) is 16.8 Å². The molecule has 0 aliphatic rings. The first-order valence-electron chi connectivity index (χ1n) is 15.1. The molecule has 4 aromatic rings. The van der Waals surface area contributed by atoms with Crippen molar-refractivity contribution in [1.29, 1.82) is 0 Å². The third-order valence-electron chi connectivity index (χ3n) is 7.33. The number of carbonyl (C=O) groups excluding carboxylic acids is 3. The molecule has 260 valence electrons. The second-order valence-corrected chi connectivity index (χ2v) is 12.1. The molecule has 0 aliphatic heterocycles. The summed E-state index contributed by atoms with van der Waals surface area (Å²) in [7, 11) is 0. The highest BCUT2D eigenvalue weighted by molar-refractivity contribution is 6.30. The molecule has 0 saturated heterocycles. The van der Waals surface area contributed by atoms with Gasteiger partial charge in [0, 0.05) is 24.1 Å². The molecule has 0 N–H and O–H groups in total. The van der Waals surface area contributed by atoms with Gasteiger partial charge < -0.3 is 14.2 Å². The Morgan fingerprint density at radius 3 is 2.14 bits per heavy atom. The van der Waals surface area contributed by atoms with Crippen LogP contribution in [0.3, 0.4) is 0 Å². The Morgan fingerprint density at radius 2 is 1.55 bits per heavy atom. The number of aromatic nitrogens is 3. The van der Waals surface area contributed by atoms with Crippen molar-refractivity contribution in [3.8, 4) is 5.75 Å². The fourth-order valence-corrected chi connectivity index (χ4v) is 5.00. The smallest absolute Gasteiger partial charge is 0.416 e. The van der Waals surface area contributed by atoms with Gasteiger partial charge in [-0.1, -0.05) is 28.9 Å². The van der Waals surface area contributed by atoms with Crippen LogP contribution in [0.15, 0.2) is 65.5 Å². The van der Waals surface area contributed by atoms with E-state index in [1.165, 1.54) is 36.4 Å². The minimum Gasteiger partial charge on any atom is -0.489 e. The van der Waals surface area contributed by atoms with E-state index >= 15 is 0 Å². The number of hydrogen-bond donors (Lipinski definition) is 0. The van der Waals surface area contributed by atoms with Crippen LogP contribution in [0, 0.1) is 11.2 Å². The predicted molar refractivity (Wildman–Crippen MR) is 169 cm³/mol. The number of Topliss-reactive ketones (excluding diaryl/α,β-unsaturated/α-hetero) is 1. The average molecular weight is 706 g/mol. The molecule has 0 spiro atoms. The first kappa shape index (κ1) is 37.0. The number of fused-ring (bicyclic) bond motifs is 1. The van der Waals surface area contributed by atoms with E-state index in [2.05, 4.69) is 10.3 Å². The summed E-state index contributed by atoms with van der Waals surface area (Å²) in [4.78, 5) is 54.2. The number of benzene rings is 3. The molecule has 15 heteroatoms. The van der Waals surface area contributed by atoms with Gasteiger partial charge in [-0.2, -0.15) is 13.2 Å². The zero-order valence-electron chi connectivity index (χ0n) is 26.8. The lowest BCUT2D eigenvalue weighted by Crippen LogP contribution is -2.46. The highest BCUT2D eigenvalue weighted by atomic mass is 35.5. The van der Waals surface area contributed by atoms with Crippen LogP contribution in [-0.4, -0.2) is 44.9 Å². The molecule has 0 saturated carbocycles. The van der Waals surface area contributed by atoms with Crippen LogP contribution in [0.25, 0.3) is 10.9 Å². The van der Waals surface area contributed by atoms with Gasteiger partial charge in [0.05, 0.1) is 28.2 Å². The van der Waals surface area contributed by atoms with Gasteiger partial charge in [-0.3, -0.25) is 19.2 Å². The summed E-state index contributed by atoms with van der Waals surface area (Å²) in [6.45, 7) is 5.57. The summed E-state index contributed by atoms with van der Waals surface area (Å²) in [5, 5.41) is 7.22. The van der Waals surface area contributed by atoms with Crippen LogP contribution in [0.5, 0.6) is 5.75 Å². The molecular formula is C34H32ClF4N3O7. The van der Waals surface area contributed by atoms with Gasteiger partial charge in [0.1, 0.15) is 23.7 Å². The predicted octanol–water partition coefficient (Wildman–Crippen LogP) is 6.73. The van der Waals surface area contributed by atoms with Crippen molar-refractivity contribution in [3.05, 3.63) is 98.5 Å². The number of nitrogens with zero attached hydrogens (tertiary/aromatic N) is 3. The molecule has 49 heavy (non-hydrogen) atoms. The zero-order chi connectivity index (χ0) is 36.1. The van der Waals surface area contributed by atoms with E-state index in [1.54, 1.807) is 33.8 Å². The lowest BCUT2D eigenvalue weighted by atomic mass is 9.78. The Bertz CT molecular complexity index is 1890. The van der Waals surface area contributed by atoms with Crippen molar-refractivity contribution in [2.24, 2.45) is 5.41 Å². The number of halogens is 5. The van der Waals surface area contributed by atoms with E-state index in [1.807, 2.05) is 0 Å². The summed E-state index contributed by atoms with van der Waals surface area (Å²) in [5.41, 5.74) is -4.12. The lowest BCUT2D eigenvalue weighted by molar-refractivity contribution is -0.178. The number of ether oxygens (including phenoxy) is 3. The lowest BCUT2D eigenvalue weighted by Gasteiger charge is -2.30. The molecule has 1 heterocycles. The molecule has 0 unspecified atom stereocenters. The van der Waals surface area contributed by atoms with Gasteiger partial charge in [0.2, 0.25) is 0 Å². The molecule has 0 radical (unpaired) electrons. The second-order valence-electron chi connectivity index (χ2n) is 11.7. The van der Waals surface area contributed by atoms with Gasteiger partial charge >= 0.3 is 18.1 Å². The van der Waals surface area contributed by atoms with Crippen LogP contribution in [0.4, 0.5) is 17.6 Å². The van der Waals surface area contributed by atoms with Gasteiger partial charge in [-0.15, -0.1) is 5.10 Å². The second kappa shape index (κ2) is 15.1. The van der Waals surface area contributed by atoms with Crippen LogP contribution in [-0.2, 0) is 38.4 Å². The molecule has 4 rings (SSSR count). The number of hydrogen-bond acceptors (Lipinski definition) is 9. The van der Waals surface area contributed by atoms with Crippen molar-refractivity contribution in [1.82, 2.24) is 15.0 Å². The number of carbonyl (C=O) groups is 3. The number of rotatable bonds is 13. The zero-order valence-corrected chi connectivity index (χ0v) is 27.6. The molecule has 0 amide bonds. The summed E-state index contributed by atoms with van der Waals surface area (Å²) in [5.74, 6) is -3.16. The number of ketones is 1. The van der Waals surface area contributed by atoms with E-state index < -0.39 is 77.8 Å². The quantitative estimate of drug-likeness (QED) is 0.0644. The van der Waals surface area contributed by atoms with E-state index in [-0.39, 0.29) is 39.4 Å². The monoisotopic (exact) mass is 705 g/mol. The van der Waals surface area contributed by atoms with Gasteiger partial charge in [0.15, 0.2) is 11.2 Å². The molecular weight excluding hydrogens is 674 g/mol. The molecule has 0 atom stereocenters.